The van der Waals surface area contributed by atoms with E-state index in [1.165, 1.54) is 23.5 Å². The molecular weight excluding hydrogens is 360 g/mol. The van der Waals surface area contributed by atoms with E-state index in [-0.39, 0.29) is 11.1 Å². The lowest BCUT2D eigenvalue weighted by molar-refractivity contribution is -0.255. The summed E-state index contributed by atoms with van der Waals surface area (Å²) in [6.07, 6.45) is 1.54. The van der Waals surface area contributed by atoms with Crippen molar-refractivity contribution >= 4 is 27.5 Å². The molecule has 5 nitrogen and oxygen atoms in total. The van der Waals surface area contributed by atoms with Gasteiger partial charge in [0.05, 0.1) is 24.2 Å². The van der Waals surface area contributed by atoms with Crippen LogP contribution < -0.4 is 10.7 Å². The zero-order valence-electron chi connectivity index (χ0n) is 14.5. The minimum absolute atomic E-state index is 0.104. The molecule has 0 radical (unpaired) electrons. The van der Waals surface area contributed by atoms with Crippen LogP contribution in [0.3, 0.4) is 0 Å². The molecule has 0 aliphatic rings. The van der Waals surface area contributed by atoms with Gasteiger partial charge in [-0.15, -0.1) is 11.3 Å². The first-order valence-electron chi connectivity index (χ1n) is 8.39. The van der Waals surface area contributed by atoms with Gasteiger partial charge < -0.3 is 9.90 Å². The second kappa shape index (κ2) is 6.81. The predicted octanol–water partition coefficient (Wildman–Crippen LogP) is 2.85. The molecule has 0 saturated carbocycles. The highest BCUT2D eigenvalue weighted by Gasteiger charge is 2.16. The summed E-state index contributed by atoms with van der Waals surface area (Å²) in [4.78, 5) is 30.3. The van der Waals surface area contributed by atoms with Crippen molar-refractivity contribution in [3.05, 3.63) is 87.3 Å². The van der Waals surface area contributed by atoms with E-state index in [1.807, 2.05) is 37.3 Å². The van der Waals surface area contributed by atoms with Gasteiger partial charge in [0.2, 0.25) is 0 Å². The quantitative estimate of drug-likeness (QED) is 0.550. The van der Waals surface area contributed by atoms with Crippen LogP contribution in [0.25, 0.3) is 21.3 Å². The van der Waals surface area contributed by atoms with Crippen molar-refractivity contribution in [1.29, 1.82) is 0 Å². The monoisotopic (exact) mass is 375 g/mol. The minimum atomic E-state index is -1.22. The van der Waals surface area contributed by atoms with E-state index in [0.29, 0.717) is 11.9 Å². The molecule has 0 amide bonds. The molecule has 134 valence electrons. The molecule has 6 heteroatoms. The van der Waals surface area contributed by atoms with Gasteiger partial charge in [-0.3, -0.25) is 9.36 Å². The summed E-state index contributed by atoms with van der Waals surface area (Å²) in [7, 11) is 0. The summed E-state index contributed by atoms with van der Waals surface area (Å²) in [6.45, 7) is 2.31. The van der Waals surface area contributed by atoms with Crippen LogP contribution in [0.1, 0.15) is 20.8 Å². The fraction of sp³-hybridized carbons (Fsp3) is 0.0952. The largest absolute Gasteiger partial charge is 0.545 e. The predicted molar refractivity (Wildman–Crippen MR) is 104 cm³/mol. The topological polar surface area (TPSA) is 75.0 Å². The molecular formula is C21H15N2O3S-. The summed E-state index contributed by atoms with van der Waals surface area (Å²) in [5, 5.41) is 11.5. The number of benzene rings is 2. The lowest BCUT2D eigenvalue weighted by atomic mass is 10.0. The van der Waals surface area contributed by atoms with Crippen LogP contribution in [0.4, 0.5) is 0 Å². The van der Waals surface area contributed by atoms with E-state index in [4.69, 9.17) is 0 Å². The van der Waals surface area contributed by atoms with E-state index in [9.17, 15) is 14.7 Å². The van der Waals surface area contributed by atoms with Crippen LogP contribution in [0, 0.1) is 6.92 Å². The summed E-state index contributed by atoms with van der Waals surface area (Å²) in [6, 6.07) is 16.1. The first-order chi connectivity index (χ1) is 13.0. The zero-order chi connectivity index (χ0) is 19.0. The standard InChI is InChI=1S/C21H16N2O3S/c1-13-17(15-5-3-2-4-6-15)18-19(27-13)22-12-23(20(18)24)11-14-7-9-16(10-8-14)21(25)26/h2-10,12H,11H2,1H3,(H,25,26)/p-1. The molecule has 0 aliphatic carbocycles. The number of carboxylic acids is 1. The van der Waals surface area contributed by atoms with Gasteiger partial charge in [0.15, 0.2) is 0 Å². The maximum absolute atomic E-state index is 13.1. The van der Waals surface area contributed by atoms with Gasteiger partial charge in [-0.25, -0.2) is 4.98 Å². The summed E-state index contributed by atoms with van der Waals surface area (Å²) in [5.41, 5.74) is 2.74. The molecule has 2 aromatic heterocycles. The van der Waals surface area contributed by atoms with Crippen LogP contribution in [-0.4, -0.2) is 15.5 Å². The number of hydrogen-bond acceptors (Lipinski definition) is 5. The summed E-state index contributed by atoms with van der Waals surface area (Å²) in [5.74, 6) is -1.22. The van der Waals surface area contributed by atoms with Crippen molar-refractivity contribution in [3.63, 3.8) is 0 Å². The van der Waals surface area contributed by atoms with Gasteiger partial charge in [0.1, 0.15) is 4.83 Å². The van der Waals surface area contributed by atoms with E-state index in [0.717, 1.165) is 26.4 Å². The van der Waals surface area contributed by atoms with Gasteiger partial charge >= 0.3 is 0 Å². The van der Waals surface area contributed by atoms with Crippen molar-refractivity contribution in [2.75, 3.05) is 0 Å². The van der Waals surface area contributed by atoms with E-state index >= 15 is 0 Å². The number of thiophene rings is 1. The Kier molecular flexibility index (Phi) is 4.33. The van der Waals surface area contributed by atoms with Crippen molar-refractivity contribution in [2.45, 2.75) is 13.5 Å². The number of aromatic carboxylic acids is 1. The second-order valence-electron chi connectivity index (χ2n) is 6.24. The van der Waals surface area contributed by atoms with Crippen LogP contribution in [-0.2, 0) is 6.54 Å². The Morgan fingerprint density at radius 3 is 2.48 bits per heavy atom. The van der Waals surface area contributed by atoms with Gasteiger partial charge in [0, 0.05) is 10.4 Å². The van der Waals surface area contributed by atoms with Gasteiger partial charge in [-0.2, -0.15) is 0 Å². The van der Waals surface area contributed by atoms with Crippen LogP contribution in [0.15, 0.2) is 65.7 Å². The van der Waals surface area contributed by atoms with Crippen molar-refractivity contribution in [3.8, 4) is 11.1 Å². The number of carboxylic acid groups (broad SMARTS) is 1. The lowest BCUT2D eigenvalue weighted by Gasteiger charge is -2.08. The lowest BCUT2D eigenvalue weighted by Crippen LogP contribution is -2.22. The molecule has 4 rings (SSSR count). The molecule has 27 heavy (non-hydrogen) atoms. The average molecular weight is 375 g/mol. The van der Waals surface area contributed by atoms with E-state index < -0.39 is 5.97 Å². The summed E-state index contributed by atoms with van der Waals surface area (Å²) >= 11 is 1.51. The number of nitrogens with zero attached hydrogens (tertiary/aromatic N) is 2. The fourth-order valence-electron chi connectivity index (χ4n) is 3.15. The molecule has 0 spiro atoms. The highest BCUT2D eigenvalue weighted by Crippen LogP contribution is 2.35. The van der Waals surface area contributed by atoms with Crippen molar-refractivity contribution in [1.82, 2.24) is 9.55 Å². The first-order valence-corrected chi connectivity index (χ1v) is 9.20. The Balaban J connectivity index is 1.80. The smallest absolute Gasteiger partial charge is 0.263 e. The minimum Gasteiger partial charge on any atom is -0.545 e. The van der Waals surface area contributed by atoms with Gasteiger partial charge in [-0.05, 0) is 23.6 Å². The Morgan fingerprint density at radius 2 is 1.81 bits per heavy atom. The summed E-state index contributed by atoms with van der Waals surface area (Å²) < 4.78 is 1.55. The number of fused-ring (bicyclic) bond motifs is 1. The molecule has 0 N–H and O–H groups in total. The number of aryl methyl sites for hydroxylation is 1. The zero-order valence-corrected chi connectivity index (χ0v) is 15.3. The van der Waals surface area contributed by atoms with E-state index in [2.05, 4.69) is 4.98 Å². The first kappa shape index (κ1) is 17.2. The fourth-order valence-corrected chi connectivity index (χ4v) is 4.15. The number of aromatic nitrogens is 2. The molecule has 0 unspecified atom stereocenters. The van der Waals surface area contributed by atoms with Gasteiger partial charge in [-0.1, -0.05) is 54.6 Å². The SMILES string of the molecule is Cc1sc2ncn(Cc3ccc(C(=O)[O-])cc3)c(=O)c2c1-c1ccccc1. The Hall–Kier alpha value is -3.25. The number of rotatable bonds is 4. The third kappa shape index (κ3) is 3.15. The van der Waals surface area contributed by atoms with Gasteiger partial charge in [0.25, 0.3) is 5.56 Å². The molecule has 0 fully saturated rings. The van der Waals surface area contributed by atoms with Crippen LogP contribution in [0.2, 0.25) is 0 Å². The van der Waals surface area contributed by atoms with Crippen LogP contribution in [0.5, 0.6) is 0 Å². The molecule has 0 atom stereocenters. The Bertz CT molecular complexity index is 1190. The average Bonchev–Trinajstić information content (AvgIpc) is 3.02. The van der Waals surface area contributed by atoms with Crippen molar-refractivity contribution in [2.24, 2.45) is 0 Å². The maximum Gasteiger partial charge on any atom is 0.263 e. The highest BCUT2D eigenvalue weighted by molar-refractivity contribution is 7.19. The number of carbonyl (C=O) groups excluding carboxylic acids is 1. The molecule has 4 aromatic rings. The molecule has 2 aromatic carbocycles. The number of carbonyl (C=O) groups is 1. The molecule has 2 heterocycles. The normalized spacial score (nSPS) is 11.0. The molecule has 0 bridgehead atoms. The Morgan fingerprint density at radius 1 is 1.11 bits per heavy atom. The number of hydrogen-bond donors (Lipinski definition) is 0. The highest BCUT2D eigenvalue weighted by atomic mass is 32.1. The van der Waals surface area contributed by atoms with Crippen LogP contribution >= 0.6 is 11.3 Å². The maximum atomic E-state index is 13.1. The van der Waals surface area contributed by atoms with Crippen molar-refractivity contribution < 1.29 is 9.90 Å². The third-order valence-corrected chi connectivity index (χ3v) is 5.47. The van der Waals surface area contributed by atoms with E-state index in [1.54, 1.807) is 23.0 Å². The Labute approximate surface area is 159 Å². The second-order valence-corrected chi connectivity index (χ2v) is 7.44. The molecule has 0 saturated heterocycles. The third-order valence-electron chi connectivity index (χ3n) is 4.46. The molecule has 0 aliphatic heterocycles.